The predicted molar refractivity (Wildman–Crippen MR) is 104 cm³/mol. The second-order valence-corrected chi connectivity index (χ2v) is 6.96. The summed E-state index contributed by atoms with van der Waals surface area (Å²) in [6.07, 6.45) is 0. The number of thiazole rings is 1. The number of carbonyl (C=O) groups is 1. The van der Waals surface area contributed by atoms with Gasteiger partial charge in [-0.25, -0.2) is 4.57 Å². The lowest BCUT2D eigenvalue weighted by atomic mass is 10.1. The number of hydrogen-bond donors (Lipinski definition) is 2. The number of carbonyl (C=O) groups excluding carboxylic acids is 1. The van der Waals surface area contributed by atoms with Crippen molar-refractivity contribution in [3.8, 4) is 6.07 Å². The van der Waals surface area contributed by atoms with Crippen molar-refractivity contribution >= 4 is 49.1 Å². The van der Waals surface area contributed by atoms with Crippen LogP contribution in [0.4, 0.5) is 10.8 Å². The number of nitrogens with zero attached hydrogens (tertiary/aromatic N) is 2. The van der Waals surface area contributed by atoms with E-state index in [1.165, 1.54) is 11.3 Å². The van der Waals surface area contributed by atoms with E-state index >= 15 is 0 Å². The van der Waals surface area contributed by atoms with Gasteiger partial charge in [0.15, 0.2) is 12.1 Å². The maximum atomic E-state index is 12.5. The van der Waals surface area contributed by atoms with Crippen molar-refractivity contribution in [3.63, 3.8) is 0 Å². The van der Waals surface area contributed by atoms with E-state index in [1.54, 1.807) is 24.3 Å². The van der Waals surface area contributed by atoms with Gasteiger partial charge in [-0.05, 0) is 41.0 Å². The number of hydrogen-bond acceptors (Lipinski definition) is 4. The van der Waals surface area contributed by atoms with Crippen molar-refractivity contribution in [3.05, 3.63) is 66.2 Å². The maximum absolute atomic E-state index is 12.5. The molecule has 4 rings (SSSR count). The highest BCUT2D eigenvalue weighted by molar-refractivity contribution is 7.21. The summed E-state index contributed by atoms with van der Waals surface area (Å²) in [5, 5.41) is 14.6. The Bertz CT molecular complexity index is 1190. The Kier molecular flexibility index (Phi) is 3.99. The number of nitrogens with one attached hydrogen (secondary N) is 1. The Morgan fingerprint density at radius 3 is 2.85 bits per heavy atom. The summed E-state index contributed by atoms with van der Waals surface area (Å²) in [4.78, 5) is 12.5. The normalized spacial score (nSPS) is 10.7. The molecular formula is C20H15N4OS+. The quantitative estimate of drug-likeness (QED) is 0.550. The Hall–Kier alpha value is -3.43. The van der Waals surface area contributed by atoms with Crippen LogP contribution >= 0.6 is 11.3 Å². The van der Waals surface area contributed by atoms with Gasteiger partial charge in [-0.1, -0.05) is 36.4 Å². The van der Waals surface area contributed by atoms with Crippen LogP contribution in [0.2, 0.25) is 0 Å². The van der Waals surface area contributed by atoms with Gasteiger partial charge in [-0.3, -0.25) is 10.5 Å². The number of rotatable bonds is 3. The van der Waals surface area contributed by atoms with E-state index in [2.05, 4.69) is 17.5 Å². The van der Waals surface area contributed by atoms with E-state index in [0.717, 1.165) is 21.0 Å². The highest BCUT2D eigenvalue weighted by Crippen LogP contribution is 2.29. The molecule has 0 aliphatic carbocycles. The monoisotopic (exact) mass is 359 g/mol. The summed E-state index contributed by atoms with van der Waals surface area (Å²) in [5.74, 6) is -0.190. The molecule has 5 nitrogen and oxygen atoms in total. The third-order valence-electron chi connectivity index (χ3n) is 4.19. The van der Waals surface area contributed by atoms with E-state index in [1.807, 2.05) is 34.9 Å². The number of benzene rings is 3. The van der Waals surface area contributed by atoms with Crippen molar-refractivity contribution in [1.82, 2.24) is 0 Å². The molecule has 0 bridgehead atoms. The second-order valence-electron chi connectivity index (χ2n) is 5.90. The van der Waals surface area contributed by atoms with Crippen LogP contribution in [-0.4, -0.2) is 5.91 Å². The van der Waals surface area contributed by atoms with Crippen molar-refractivity contribution in [2.24, 2.45) is 0 Å². The molecule has 0 aliphatic rings. The van der Waals surface area contributed by atoms with Crippen LogP contribution in [0.25, 0.3) is 21.0 Å². The molecule has 1 heterocycles. The summed E-state index contributed by atoms with van der Waals surface area (Å²) >= 11 is 1.47. The Morgan fingerprint density at radius 2 is 2.00 bits per heavy atom. The Balaban J connectivity index is 1.70. The molecule has 4 aromatic rings. The topological polar surface area (TPSA) is 82.8 Å². The molecule has 0 unspecified atom stereocenters. The fourth-order valence-electron chi connectivity index (χ4n) is 3.04. The third-order valence-corrected chi connectivity index (χ3v) is 5.17. The van der Waals surface area contributed by atoms with Crippen LogP contribution < -0.4 is 15.6 Å². The maximum Gasteiger partial charge on any atom is 0.333 e. The molecule has 3 N–H and O–H groups in total. The lowest BCUT2D eigenvalue weighted by Gasteiger charge is -2.06. The Labute approximate surface area is 153 Å². The van der Waals surface area contributed by atoms with E-state index < -0.39 is 0 Å². The van der Waals surface area contributed by atoms with E-state index in [0.29, 0.717) is 16.4 Å². The number of nitrogens with two attached hydrogens (primary N) is 1. The first-order valence-corrected chi connectivity index (χ1v) is 8.87. The molecule has 3 aromatic carbocycles. The van der Waals surface area contributed by atoms with Crippen molar-refractivity contribution in [2.75, 3.05) is 11.1 Å². The molecule has 0 radical (unpaired) electrons. The van der Waals surface area contributed by atoms with Gasteiger partial charge in [-0.15, -0.1) is 0 Å². The fourth-order valence-corrected chi connectivity index (χ4v) is 3.99. The molecule has 1 amide bonds. The minimum Gasteiger partial charge on any atom is -0.323 e. The minimum absolute atomic E-state index is 0.108. The number of nitriles is 1. The first-order chi connectivity index (χ1) is 12.7. The van der Waals surface area contributed by atoms with Crippen LogP contribution in [0, 0.1) is 11.3 Å². The van der Waals surface area contributed by atoms with Gasteiger partial charge in [-0.2, -0.15) is 5.26 Å². The Morgan fingerprint density at radius 1 is 1.15 bits per heavy atom. The molecule has 0 fully saturated rings. The predicted octanol–water partition coefficient (Wildman–Crippen LogP) is 3.43. The largest absolute Gasteiger partial charge is 0.333 e. The van der Waals surface area contributed by atoms with Crippen LogP contribution in [0.5, 0.6) is 0 Å². The summed E-state index contributed by atoms with van der Waals surface area (Å²) < 4.78 is 2.88. The minimum atomic E-state index is -0.190. The highest BCUT2D eigenvalue weighted by Gasteiger charge is 2.20. The molecule has 1 aromatic heterocycles. The first-order valence-electron chi connectivity index (χ1n) is 8.05. The van der Waals surface area contributed by atoms with Gasteiger partial charge in [0.1, 0.15) is 0 Å². The highest BCUT2D eigenvalue weighted by atomic mass is 32.1. The second kappa shape index (κ2) is 6.47. The number of anilines is 2. The molecule has 26 heavy (non-hydrogen) atoms. The molecule has 6 heteroatoms. The van der Waals surface area contributed by atoms with Crippen molar-refractivity contribution in [1.29, 1.82) is 5.26 Å². The number of aromatic nitrogens is 1. The number of amides is 1. The smallest absolute Gasteiger partial charge is 0.323 e. The molecule has 126 valence electrons. The summed E-state index contributed by atoms with van der Waals surface area (Å²) in [7, 11) is 0. The summed E-state index contributed by atoms with van der Waals surface area (Å²) in [6, 6.07) is 21.0. The van der Waals surface area contributed by atoms with Gasteiger partial charge in [0, 0.05) is 11.1 Å². The zero-order valence-corrected chi connectivity index (χ0v) is 14.6. The van der Waals surface area contributed by atoms with Gasteiger partial charge < -0.3 is 5.32 Å². The van der Waals surface area contributed by atoms with Crippen LogP contribution in [0.1, 0.15) is 5.56 Å². The zero-order valence-electron chi connectivity index (χ0n) is 13.8. The van der Waals surface area contributed by atoms with E-state index in [4.69, 9.17) is 11.0 Å². The van der Waals surface area contributed by atoms with Crippen molar-refractivity contribution in [2.45, 2.75) is 6.54 Å². The fraction of sp³-hybridized carbons (Fsp3) is 0.0500. The number of fused-ring (bicyclic) bond motifs is 3. The summed E-state index contributed by atoms with van der Waals surface area (Å²) in [6.45, 7) is 0.108. The van der Waals surface area contributed by atoms with Crippen LogP contribution in [0.15, 0.2) is 60.7 Å². The van der Waals surface area contributed by atoms with Crippen LogP contribution in [0.3, 0.4) is 0 Å². The molecule has 0 saturated carbocycles. The van der Waals surface area contributed by atoms with E-state index in [9.17, 15) is 4.79 Å². The lowest BCUT2D eigenvalue weighted by molar-refractivity contribution is -0.638. The molecular weight excluding hydrogens is 344 g/mol. The average Bonchev–Trinajstić information content (AvgIpc) is 2.97. The molecule has 0 atom stereocenters. The first kappa shape index (κ1) is 16.1. The molecule has 0 spiro atoms. The van der Waals surface area contributed by atoms with E-state index in [-0.39, 0.29) is 12.5 Å². The van der Waals surface area contributed by atoms with Gasteiger partial charge in [0.05, 0.1) is 16.3 Å². The van der Waals surface area contributed by atoms with Gasteiger partial charge in [0.2, 0.25) is 0 Å². The average molecular weight is 359 g/mol. The molecule has 0 aliphatic heterocycles. The molecule has 0 saturated heterocycles. The summed E-state index contributed by atoms with van der Waals surface area (Å²) in [5.41, 5.74) is 8.25. The zero-order chi connectivity index (χ0) is 18.1. The SMILES string of the molecule is N#Cc1cccc(NC(=O)C[n+]2c(N)sc3ccc4ccccc4c32)c1. The lowest BCUT2D eigenvalue weighted by Crippen LogP contribution is -2.41. The third kappa shape index (κ3) is 2.85. The van der Waals surface area contributed by atoms with Gasteiger partial charge in [0.25, 0.3) is 5.91 Å². The number of nitrogen functional groups attached to an aromatic ring is 1. The van der Waals surface area contributed by atoms with Crippen molar-refractivity contribution < 1.29 is 9.36 Å². The standard InChI is InChI=1S/C20H14N4OS/c21-11-13-4-3-6-15(10-13)23-18(25)12-24-19-16-7-2-1-5-14(16)8-9-17(19)26-20(24)22/h1-10,22H,12H2,(H,23,25)/p+1. The van der Waals surface area contributed by atoms with Gasteiger partial charge >= 0.3 is 5.13 Å². The van der Waals surface area contributed by atoms with Crippen LogP contribution in [-0.2, 0) is 11.3 Å².